The van der Waals surface area contributed by atoms with Crippen LogP contribution in [0.1, 0.15) is 28.5 Å². The summed E-state index contributed by atoms with van der Waals surface area (Å²) < 4.78 is 39.6. The van der Waals surface area contributed by atoms with Crippen LogP contribution >= 0.6 is 0 Å². The van der Waals surface area contributed by atoms with Gasteiger partial charge in [0.1, 0.15) is 5.69 Å². The van der Waals surface area contributed by atoms with E-state index in [-0.39, 0.29) is 34.2 Å². The second kappa shape index (κ2) is 8.01. The first-order chi connectivity index (χ1) is 14.5. The van der Waals surface area contributed by atoms with Crippen molar-refractivity contribution < 1.29 is 33.3 Å². The molecule has 3 aromatic rings. The number of carbonyl (C=O) groups excluding carboxylic acids is 1. The van der Waals surface area contributed by atoms with Crippen LogP contribution in [0, 0.1) is 0 Å². The minimum absolute atomic E-state index is 0.0197. The van der Waals surface area contributed by atoms with Gasteiger partial charge < -0.3 is 15.3 Å². The Labute approximate surface area is 173 Å². The zero-order valence-corrected chi connectivity index (χ0v) is 16.3. The number of nitrogens with zero attached hydrogens (tertiary/aromatic N) is 3. The number of hydrogen-bond donors (Lipinski definition) is 4. The van der Waals surface area contributed by atoms with Crippen LogP contribution in [0.4, 0.5) is 13.2 Å². The number of aromatic hydroxyl groups is 3. The van der Waals surface area contributed by atoms with Crippen LogP contribution < -0.4 is 5.43 Å². The van der Waals surface area contributed by atoms with E-state index >= 15 is 0 Å². The van der Waals surface area contributed by atoms with Crippen molar-refractivity contribution in [2.75, 3.05) is 0 Å². The highest BCUT2D eigenvalue weighted by molar-refractivity contribution is 6.02. The molecule has 8 nitrogen and oxygen atoms in total. The number of hydrazone groups is 1. The second-order valence-corrected chi connectivity index (χ2v) is 6.59. The average molecular weight is 434 g/mol. The number of hydrogen-bond acceptors (Lipinski definition) is 6. The number of benzene rings is 2. The molecule has 0 spiro atoms. The molecule has 162 valence electrons. The van der Waals surface area contributed by atoms with Crippen LogP contribution in [0.25, 0.3) is 11.3 Å². The Morgan fingerprint density at radius 2 is 1.71 bits per heavy atom. The summed E-state index contributed by atoms with van der Waals surface area (Å²) in [6.07, 6.45) is -4.48. The van der Waals surface area contributed by atoms with E-state index in [9.17, 15) is 33.3 Å². The van der Waals surface area contributed by atoms with E-state index in [1.54, 1.807) is 0 Å². The molecule has 0 atom stereocenters. The first-order valence-corrected chi connectivity index (χ1v) is 8.79. The molecule has 11 heteroatoms. The zero-order chi connectivity index (χ0) is 22.9. The van der Waals surface area contributed by atoms with Gasteiger partial charge in [-0.15, -0.1) is 0 Å². The maximum Gasteiger partial charge on any atom is 0.416 e. The molecule has 3 rings (SSSR count). The lowest BCUT2D eigenvalue weighted by Gasteiger charge is -2.08. The first kappa shape index (κ1) is 21.7. The van der Waals surface area contributed by atoms with Crippen molar-refractivity contribution in [1.82, 2.24) is 15.2 Å². The Morgan fingerprint density at radius 3 is 2.29 bits per heavy atom. The molecule has 0 saturated heterocycles. The molecule has 0 saturated carbocycles. The number of aromatic nitrogens is 2. The minimum Gasteiger partial charge on any atom is -0.504 e. The number of phenolic OH excluding ortho intramolecular Hbond substituents is 2. The van der Waals surface area contributed by atoms with Gasteiger partial charge in [0.2, 0.25) is 0 Å². The largest absolute Gasteiger partial charge is 0.504 e. The van der Waals surface area contributed by atoms with Gasteiger partial charge in [0.05, 0.1) is 11.3 Å². The smallest absolute Gasteiger partial charge is 0.416 e. The molecule has 31 heavy (non-hydrogen) atoms. The highest BCUT2D eigenvalue weighted by Gasteiger charge is 2.30. The lowest BCUT2D eigenvalue weighted by molar-refractivity contribution is -0.137. The van der Waals surface area contributed by atoms with Gasteiger partial charge in [-0.3, -0.25) is 9.48 Å². The lowest BCUT2D eigenvalue weighted by atomic mass is 10.1. The number of aryl methyl sites for hydroxylation is 1. The summed E-state index contributed by atoms with van der Waals surface area (Å²) in [6, 6.07) is 7.70. The fourth-order valence-corrected chi connectivity index (χ4v) is 2.81. The molecule has 1 heterocycles. The molecule has 0 aliphatic carbocycles. The third-order valence-corrected chi connectivity index (χ3v) is 4.41. The topological polar surface area (TPSA) is 120 Å². The molecule has 0 radical (unpaired) electrons. The molecular formula is C20H17F3N4O4. The SMILES string of the molecule is C/C(=N\NC(=O)c1ccc(O)c(O)c1)c1nn(C)c(-c2ccc(C(F)(F)F)cc2)c1O. The van der Waals surface area contributed by atoms with Crippen molar-refractivity contribution in [3.05, 3.63) is 59.3 Å². The fraction of sp³-hybridized carbons (Fsp3) is 0.150. The Hall–Kier alpha value is -4.02. The summed E-state index contributed by atoms with van der Waals surface area (Å²) in [5.74, 6) is -1.87. The van der Waals surface area contributed by atoms with Crippen LogP contribution in [0.5, 0.6) is 17.2 Å². The number of nitrogens with one attached hydrogen (secondary N) is 1. The van der Waals surface area contributed by atoms with E-state index in [4.69, 9.17) is 0 Å². The second-order valence-electron chi connectivity index (χ2n) is 6.59. The number of phenols is 2. The molecular weight excluding hydrogens is 417 g/mol. The molecule has 1 aromatic heterocycles. The zero-order valence-electron chi connectivity index (χ0n) is 16.3. The van der Waals surface area contributed by atoms with Gasteiger partial charge in [-0.25, -0.2) is 5.43 Å². The molecule has 0 aliphatic rings. The average Bonchev–Trinajstić information content (AvgIpc) is 3.01. The van der Waals surface area contributed by atoms with Crippen molar-refractivity contribution in [2.45, 2.75) is 13.1 Å². The summed E-state index contributed by atoms with van der Waals surface area (Å²) in [6.45, 7) is 1.47. The number of halogens is 3. The van der Waals surface area contributed by atoms with Crippen LogP contribution in [0.15, 0.2) is 47.6 Å². The van der Waals surface area contributed by atoms with E-state index in [0.29, 0.717) is 5.56 Å². The normalized spacial score (nSPS) is 12.1. The summed E-state index contributed by atoms with van der Waals surface area (Å²) >= 11 is 0. The fourth-order valence-electron chi connectivity index (χ4n) is 2.81. The van der Waals surface area contributed by atoms with Crippen molar-refractivity contribution in [3.63, 3.8) is 0 Å². The van der Waals surface area contributed by atoms with E-state index in [2.05, 4.69) is 15.6 Å². The Kier molecular flexibility index (Phi) is 5.60. The molecule has 0 unspecified atom stereocenters. The Balaban J connectivity index is 1.85. The third-order valence-electron chi connectivity index (χ3n) is 4.41. The quantitative estimate of drug-likeness (QED) is 0.285. The van der Waals surface area contributed by atoms with E-state index in [0.717, 1.165) is 24.3 Å². The maximum absolute atomic E-state index is 12.8. The molecule has 0 aliphatic heterocycles. The summed E-state index contributed by atoms with van der Waals surface area (Å²) in [5.41, 5.74) is 2.07. The van der Waals surface area contributed by atoms with Gasteiger partial charge in [0.15, 0.2) is 22.9 Å². The first-order valence-electron chi connectivity index (χ1n) is 8.79. The van der Waals surface area contributed by atoms with Gasteiger partial charge in [0.25, 0.3) is 5.91 Å². The van der Waals surface area contributed by atoms with Crippen molar-refractivity contribution in [2.24, 2.45) is 12.1 Å². The van der Waals surface area contributed by atoms with Crippen LogP contribution in [-0.2, 0) is 13.2 Å². The standard InChI is InChI=1S/C20H17F3N4O4/c1-10(24-25-19(31)12-5-8-14(28)15(29)9-12)16-18(30)17(27(2)26-16)11-3-6-13(7-4-11)20(21,22)23/h3-9,28-30H,1-2H3,(H,25,31)/b24-10+. The van der Waals surface area contributed by atoms with Crippen molar-refractivity contribution in [3.8, 4) is 28.5 Å². The summed E-state index contributed by atoms with van der Waals surface area (Å²) in [4.78, 5) is 12.1. The molecule has 4 N–H and O–H groups in total. The number of amides is 1. The van der Waals surface area contributed by atoms with Crippen molar-refractivity contribution in [1.29, 1.82) is 0 Å². The monoisotopic (exact) mass is 434 g/mol. The van der Waals surface area contributed by atoms with Crippen LogP contribution in [0.2, 0.25) is 0 Å². The van der Waals surface area contributed by atoms with Gasteiger partial charge in [-0.2, -0.15) is 23.4 Å². The maximum atomic E-state index is 12.8. The van der Waals surface area contributed by atoms with E-state index in [1.807, 2.05) is 0 Å². The number of rotatable bonds is 4. The van der Waals surface area contributed by atoms with Crippen LogP contribution in [0.3, 0.4) is 0 Å². The van der Waals surface area contributed by atoms with E-state index < -0.39 is 23.4 Å². The highest BCUT2D eigenvalue weighted by Crippen LogP contribution is 2.35. The number of carbonyl (C=O) groups is 1. The van der Waals surface area contributed by atoms with E-state index in [1.165, 1.54) is 36.9 Å². The summed E-state index contributed by atoms with van der Waals surface area (Å²) in [7, 11) is 1.50. The minimum atomic E-state index is -4.48. The molecule has 0 bridgehead atoms. The predicted octanol–water partition coefficient (Wildman–Crippen LogP) is 3.38. The Morgan fingerprint density at radius 1 is 1.06 bits per heavy atom. The lowest BCUT2D eigenvalue weighted by Crippen LogP contribution is -2.19. The van der Waals surface area contributed by atoms with Gasteiger partial charge in [-0.1, -0.05) is 12.1 Å². The van der Waals surface area contributed by atoms with Gasteiger partial charge in [0, 0.05) is 18.2 Å². The number of alkyl halides is 3. The highest BCUT2D eigenvalue weighted by atomic mass is 19.4. The van der Waals surface area contributed by atoms with Crippen molar-refractivity contribution >= 4 is 11.6 Å². The van der Waals surface area contributed by atoms with Gasteiger partial charge >= 0.3 is 6.18 Å². The van der Waals surface area contributed by atoms with Gasteiger partial charge in [-0.05, 0) is 37.3 Å². The molecule has 1 amide bonds. The molecule has 2 aromatic carbocycles. The third kappa shape index (κ3) is 4.44. The summed E-state index contributed by atoms with van der Waals surface area (Å²) in [5, 5.41) is 37.3. The molecule has 0 fully saturated rings. The van der Waals surface area contributed by atoms with Crippen LogP contribution in [-0.4, -0.2) is 36.7 Å². The Bertz CT molecular complexity index is 1170. The predicted molar refractivity (Wildman–Crippen MR) is 105 cm³/mol.